The number of hydrogen-bond donors (Lipinski definition) is 3. The number of aromatic nitrogens is 4. The van der Waals surface area contributed by atoms with Crippen LogP contribution in [0.3, 0.4) is 0 Å². The Balaban J connectivity index is 2.23. The molecule has 2 aromatic rings. The number of anilines is 2. The van der Waals surface area contributed by atoms with Gasteiger partial charge < -0.3 is 11.1 Å². The maximum absolute atomic E-state index is 11.9. The van der Waals surface area contributed by atoms with Gasteiger partial charge in [-0.3, -0.25) is 14.6 Å². The standard InChI is InChI=1S/C10H14N6O/c1-5-4-7(16(3)15-5)10(17)12-9-8(11)6(2)13-14-9/h4H,11H2,1-3H3,(H2,12,13,14,17). The summed E-state index contributed by atoms with van der Waals surface area (Å²) in [5, 5.41) is 13.3. The van der Waals surface area contributed by atoms with Crippen molar-refractivity contribution in [2.45, 2.75) is 13.8 Å². The van der Waals surface area contributed by atoms with Gasteiger partial charge in [0, 0.05) is 7.05 Å². The van der Waals surface area contributed by atoms with Crippen molar-refractivity contribution in [2.24, 2.45) is 7.05 Å². The predicted molar refractivity (Wildman–Crippen MR) is 63.6 cm³/mol. The van der Waals surface area contributed by atoms with Gasteiger partial charge in [-0.15, -0.1) is 0 Å². The van der Waals surface area contributed by atoms with Gasteiger partial charge in [-0.05, 0) is 19.9 Å². The van der Waals surface area contributed by atoms with Crippen LogP contribution < -0.4 is 11.1 Å². The number of nitrogens with zero attached hydrogens (tertiary/aromatic N) is 3. The first-order valence-electron chi connectivity index (χ1n) is 5.11. The third-order valence-electron chi connectivity index (χ3n) is 2.46. The zero-order valence-corrected chi connectivity index (χ0v) is 9.90. The molecule has 0 saturated carbocycles. The summed E-state index contributed by atoms with van der Waals surface area (Å²) >= 11 is 0. The first-order valence-corrected chi connectivity index (χ1v) is 5.11. The number of nitrogens with two attached hydrogens (primary N) is 1. The molecule has 0 unspecified atom stereocenters. The maximum Gasteiger partial charge on any atom is 0.275 e. The highest BCUT2D eigenvalue weighted by atomic mass is 16.2. The second-order valence-electron chi connectivity index (χ2n) is 3.86. The topological polar surface area (TPSA) is 102 Å². The molecule has 0 atom stereocenters. The molecule has 2 heterocycles. The molecule has 90 valence electrons. The highest BCUT2D eigenvalue weighted by Gasteiger charge is 2.15. The van der Waals surface area contributed by atoms with Crippen LogP contribution in [-0.2, 0) is 7.05 Å². The van der Waals surface area contributed by atoms with E-state index in [0.29, 0.717) is 17.2 Å². The molecule has 0 saturated heterocycles. The summed E-state index contributed by atoms with van der Waals surface area (Å²) in [7, 11) is 1.71. The Kier molecular flexibility index (Phi) is 2.58. The average molecular weight is 234 g/mol. The highest BCUT2D eigenvalue weighted by Crippen LogP contribution is 2.18. The third kappa shape index (κ3) is 1.99. The lowest BCUT2D eigenvalue weighted by atomic mass is 10.3. The molecule has 0 fully saturated rings. The Morgan fingerprint density at radius 1 is 1.53 bits per heavy atom. The molecule has 2 rings (SSSR count). The Morgan fingerprint density at radius 2 is 2.24 bits per heavy atom. The second-order valence-corrected chi connectivity index (χ2v) is 3.86. The van der Waals surface area contributed by atoms with Crippen LogP contribution in [0.1, 0.15) is 21.9 Å². The zero-order valence-electron chi connectivity index (χ0n) is 9.90. The average Bonchev–Trinajstić information content (AvgIpc) is 2.75. The molecule has 7 nitrogen and oxygen atoms in total. The molecular weight excluding hydrogens is 220 g/mol. The predicted octanol–water partition coefficient (Wildman–Crippen LogP) is 0.595. The number of carbonyl (C=O) groups is 1. The van der Waals surface area contributed by atoms with E-state index in [2.05, 4.69) is 20.6 Å². The van der Waals surface area contributed by atoms with Gasteiger partial charge in [0.1, 0.15) is 5.69 Å². The Hall–Kier alpha value is -2.31. The molecule has 4 N–H and O–H groups in total. The van der Waals surface area contributed by atoms with Crippen molar-refractivity contribution in [1.82, 2.24) is 20.0 Å². The normalized spacial score (nSPS) is 10.5. The fourth-order valence-electron chi connectivity index (χ4n) is 1.53. The van der Waals surface area contributed by atoms with Crippen molar-refractivity contribution >= 4 is 17.4 Å². The lowest BCUT2D eigenvalue weighted by molar-refractivity contribution is 0.101. The number of nitrogen functional groups attached to an aromatic ring is 1. The van der Waals surface area contributed by atoms with Crippen molar-refractivity contribution in [3.8, 4) is 0 Å². The number of carbonyl (C=O) groups excluding carboxylic acids is 1. The van der Waals surface area contributed by atoms with E-state index in [4.69, 9.17) is 5.73 Å². The fraction of sp³-hybridized carbons (Fsp3) is 0.300. The van der Waals surface area contributed by atoms with Crippen LogP contribution in [-0.4, -0.2) is 25.9 Å². The maximum atomic E-state index is 11.9. The van der Waals surface area contributed by atoms with Gasteiger partial charge in [0.25, 0.3) is 5.91 Å². The van der Waals surface area contributed by atoms with Crippen LogP contribution in [0.15, 0.2) is 6.07 Å². The number of amides is 1. The monoisotopic (exact) mass is 234 g/mol. The van der Waals surface area contributed by atoms with Crippen molar-refractivity contribution in [3.05, 3.63) is 23.1 Å². The summed E-state index contributed by atoms with van der Waals surface area (Å²) in [6.45, 7) is 3.61. The molecule has 0 spiro atoms. The van der Waals surface area contributed by atoms with E-state index in [1.165, 1.54) is 4.68 Å². The molecule has 2 aromatic heterocycles. The van der Waals surface area contributed by atoms with Crippen LogP contribution in [0.25, 0.3) is 0 Å². The van der Waals surface area contributed by atoms with E-state index < -0.39 is 0 Å². The third-order valence-corrected chi connectivity index (χ3v) is 2.46. The molecule has 1 amide bonds. The van der Waals surface area contributed by atoms with Gasteiger partial charge in [0.15, 0.2) is 5.82 Å². The second kappa shape index (κ2) is 3.93. The lowest BCUT2D eigenvalue weighted by Crippen LogP contribution is -2.17. The quantitative estimate of drug-likeness (QED) is 0.707. The number of aryl methyl sites for hydroxylation is 3. The van der Waals surface area contributed by atoms with Gasteiger partial charge in [0.2, 0.25) is 0 Å². The molecule has 0 radical (unpaired) electrons. The summed E-state index contributed by atoms with van der Waals surface area (Å²) in [5.41, 5.74) is 8.15. The SMILES string of the molecule is Cc1cc(C(=O)Nc2n[nH]c(C)c2N)n(C)n1. The smallest absolute Gasteiger partial charge is 0.275 e. The number of aromatic amines is 1. The summed E-state index contributed by atoms with van der Waals surface area (Å²) in [6, 6.07) is 1.70. The van der Waals surface area contributed by atoms with Gasteiger partial charge in [0.05, 0.1) is 17.1 Å². The summed E-state index contributed by atoms with van der Waals surface area (Å²) < 4.78 is 1.51. The Bertz CT molecular complexity index is 567. The van der Waals surface area contributed by atoms with Gasteiger partial charge in [-0.2, -0.15) is 10.2 Å². The van der Waals surface area contributed by atoms with Crippen LogP contribution in [0.5, 0.6) is 0 Å². The molecule has 17 heavy (non-hydrogen) atoms. The van der Waals surface area contributed by atoms with E-state index in [1.807, 2.05) is 6.92 Å². The Morgan fingerprint density at radius 3 is 2.71 bits per heavy atom. The van der Waals surface area contributed by atoms with Crippen molar-refractivity contribution in [1.29, 1.82) is 0 Å². The minimum atomic E-state index is -0.286. The lowest BCUT2D eigenvalue weighted by Gasteiger charge is -2.02. The van der Waals surface area contributed by atoms with E-state index in [9.17, 15) is 4.79 Å². The van der Waals surface area contributed by atoms with E-state index in [1.54, 1.807) is 20.0 Å². The summed E-state index contributed by atoms with van der Waals surface area (Å²) in [4.78, 5) is 11.9. The molecule has 0 aliphatic heterocycles. The minimum absolute atomic E-state index is 0.286. The zero-order chi connectivity index (χ0) is 12.6. The van der Waals surface area contributed by atoms with Crippen LogP contribution >= 0.6 is 0 Å². The highest BCUT2D eigenvalue weighted by molar-refractivity contribution is 6.04. The summed E-state index contributed by atoms with van der Waals surface area (Å²) in [6.07, 6.45) is 0. The molecular formula is C10H14N6O. The van der Waals surface area contributed by atoms with Gasteiger partial charge in [-0.25, -0.2) is 0 Å². The van der Waals surface area contributed by atoms with E-state index in [-0.39, 0.29) is 5.91 Å². The van der Waals surface area contributed by atoms with E-state index in [0.717, 1.165) is 11.4 Å². The number of nitrogens with one attached hydrogen (secondary N) is 2. The molecule has 0 bridgehead atoms. The molecule has 7 heteroatoms. The minimum Gasteiger partial charge on any atom is -0.394 e. The number of H-pyrrole nitrogens is 1. The van der Waals surface area contributed by atoms with Gasteiger partial charge >= 0.3 is 0 Å². The van der Waals surface area contributed by atoms with E-state index >= 15 is 0 Å². The van der Waals surface area contributed by atoms with Gasteiger partial charge in [-0.1, -0.05) is 0 Å². The first kappa shape index (κ1) is 11.2. The van der Waals surface area contributed by atoms with Crippen LogP contribution in [0.4, 0.5) is 11.5 Å². The fourth-order valence-corrected chi connectivity index (χ4v) is 1.53. The van der Waals surface area contributed by atoms with Crippen LogP contribution in [0, 0.1) is 13.8 Å². The van der Waals surface area contributed by atoms with Crippen molar-refractivity contribution < 1.29 is 4.79 Å². The first-order chi connectivity index (χ1) is 7.99. The van der Waals surface area contributed by atoms with Crippen molar-refractivity contribution in [2.75, 3.05) is 11.1 Å². The molecule has 0 aliphatic rings. The summed E-state index contributed by atoms with van der Waals surface area (Å²) in [5.74, 6) is 0.0534. The van der Waals surface area contributed by atoms with Crippen molar-refractivity contribution in [3.63, 3.8) is 0 Å². The largest absolute Gasteiger partial charge is 0.394 e. The number of rotatable bonds is 2. The number of hydrogen-bond acceptors (Lipinski definition) is 4. The molecule has 0 aliphatic carbocycles. The molecule has 0 aromatic carbocycles. The Labute approximate surface area is 98.0 Å². The van der Waals surface area contributed by atoms with Crippen LogP contribution in [0.2, 0.25) is 0 Å².